The zero-order valence-electron chi connectivity index (χ0n) is 13.6. The number of amides is 2. The monoisotopic (exact) mass is 342 g/mol. The van der Waals surface area contributed by atoms with Crippen LogP contribution in [0.25, 0.3) is 0 Å². The van der Waals surface area contributed by atoms with Gasteiger partial charge in [0.1, 0.15) is 0 Å². The molecule has 0 saturated heterocycles. The molecule has 2 aromatic rings. The number of likely N-dealkylation sites (N-methyl/N-ethyl adjacent to an activating group) is 1. The van der Waals surface area contributed by atoms with Crippen LogP contribution in [0, 0.1) is 10.1 Å². The highest BCUT2D eigenvalue weighted by atomic mass is 16.6. The molecular formula is C17H18N4O4. The van der Waals surface area contributed by atoms with Crippen molar-refractivity contribution >= 4 is 23.2 Å². The van der Waals surface area contributed by atoms with E-state index in [0.29, 0.717) is 6.54 Å². The highest BCUT2D eigenvalue weighted by Crippen LogP contribution is 2.12. The van der Waals surface area contributed by atoms with Crippen molar-refractivity contribution in [3.05, 3.63) is 70.3 Å². The molecule has 0 aliphatic rings. The maximum Gasteiger partial charge on any atom is 0.269 e. The quantitative estimate of drug-likeness (QED) is 0.616. The van der Waals surface area contributed by atoms with Gasteiger partial charge in [-0.05, 0) is 31.2 Å². The molecule has 0 unspecified atom stereocenters. The Labute approximate surface area is 144 Å². The van der Waals surface area contributed by atoms with E-state index >= 15 is 0 Å². The molecule has 0 heterocycles. The van der Waals surface area contributed by atoms with Gasteiger partial charge in [-0.2, -0.15) is 0 Å². The van der Waals surface area contributed by atoms with Crippen LogP contribution in [0.15, 0.2) is 54.6 Å². The molecular weight excluding hydrogens is 324 g/mol. The van der Waals surface area contributed by atoms with E-state index in [-0.39, 0.29) is 23.7 Å². The second-order valence-electron chi connectivity index (χ2n) is 5.16. The SMILES string of the molecule is CCN(CC(=O)NNC(=O)c1ccc([N+](=O)[O-])cc1)c1ccccc1. The zero-order valence-corrected chi connectivity index (χ0v) is 13.6. The summed E-state index contributed by atoms with van der Waals surface area (Å²) in [6.07, 6.45) is 0. The number of nitro groups is 1. The number of hydrazine groups is 1. The predicted molar refractivity (Wildman–Crippen MR) is 93.0 cm³/mol. The Kier molecular flexibility index (Phi) is 6.05. The van der Waals surface area contributed by atoms with Gasteiger partial charge in [-0.15, -0.1) is 0 Å². The molecule has 2 aromatic carbocycles. The molecule has 8 heteroatoms. The smallest absolute Gasteiger partial charge is 0.269 e. The van der Waals surface area contributed by atoms with Crippen molar-refractivity contribution in [3.63, 3.8) is 0 Å². The van der Waals surface area contributed by atoms with Crippen molar-refractivity contribution in [1.29, 1.82) is 0 Å². The lowest BCUT2D eigenvalue weighted by atomic mass is 10.2. The Balaban J connectivity index is 1.88. The van der Waals surface area contributed by atoms with E-state index in [1.165, 1.54) is 24.3 Å². The van der Waals surface area contributed by atoms with Crippen LogP contribution in [0.3, 0.4) is 0 Å². The van der Waals surface area contributed by atoms with Gasteiger partial charge in [0.25, 0.3) is 17.5 Å². The third-order valence-electron chi connectivity index (χ3n) is 3.49. The van der Waals surface area contributed by atoms with Crippen LogP contribution >= 0.6 is 0 Å². The molecule has 25 heavy (non-hydrogen) atoms. The number of carbonyl (C=O) groups excluding carboxylic acids is 2. The third kappa shape index (κ3) is 5.03. The Morgan fingerprint density at radius 1 is 1.04 bits per heavy atom. The fourth-order valence-corrected chi connectivity index (χ4v) is 2.17. The van der Waals surface area contributed by atoms with Crippen molar-refractivity contribution in [2.24, 2.45) is 0 Å². The molecule has 0 atom stereocenters. The Bertz CT molecular complexity index is 747. The number of hydrogen-bond donors (Lipinski definition) is 2. The first-order chi connectivity index (χ1) is 12.0. The summed E-state index contributed by atoms with van der Waals surface area (Å²) in [7, 11) is 0. The molecule has 8 nitrogen and oxygen atoms in total. The van der Waals surface area contributed by atoms with Gasteiger partial charge in [-0.25, -0.2) is 0 Å². The normalized spacial score (nSPS) is 9.96. The predicted octanol–water partition coefficient (Wildman–Crippen LogP) is 1.88. The van der Waals surface area contributed by atoms with Crippen molar-refractivity contribution in [1.82, 2.24) is 10.9 Å². The number of nitro benzene ring substituents is 1. The van der Waals surface area contributed by atoms with Crippen molar-refractivity contribution in [2.45, 2.75) is 6.92 Å². The Morgan fingerprint density at radius 2 is 1.68 bits per heavy atom. The summed E-state index contributed by atoms with van der Waals surface area (Å²) < 4.78 is 0. The molecule has 130 valence electrons. The molecule has 2 N–H and O–H groups in total. The molecule has 0 bridgehead atoms. The number of benzene rings is 2. The van der Waals surface area contributed by atoms with Gasteiger partial charge >= 0.3 is 0 Å². The van der Waals surface area contributed by atoms with Crippen LogP contribution in [0.2, 0.25) is 0 Å². The van der Waals surface area contributed by atoms with Crippen molar-refractivity contribution in [3.8, 4) is 0 Å². The summed E-state index contributed by atoms with van der Waals surface area (Å²) in [4.78, 5) is 35.8. The number of nitrogens with one attached hydrogen (secondary N) is 2. The van der Waals surface area contributed by atoms with Gasteiger partial charge in [0.05, 0.1) is 11.5 Å². The summed E-state index contributed by atoms with van der Waals surface area (Å²) in [5.74, 6) is -0.924. The van der Waals surface area contributed by atoms with Gasteiger partial charge in [-0.3, -0.25) is 30.6 Å². The summed E-state index contributed by atoms with van der Waals surface area (Å²) in [5.41, 5.74) is 5.64. The van der Waals surface area contributed by atoms with E-state index in [1.807, 2.05) is 42.2 Å². The van der Waals surface area contributed by atoms with Crippen LogP contribution in [-0.2, 0) is 4.79 Å². The first-order valence-corrected chi connectivity index (χ1v) is 7.65. The maximum absolute atomic E-state index is 12.0. The summed E-state index contributed by atoms with van der Waals surface area (Å²) in [5, 5.41) is 10.6. The van der Waals surface area contributed by atoms with E-state index in [9.17, 15) is 19.7 Å². The minimum atomic E-state index is -0.550. The van der Waals surface area contributed by atoms with E-state index < -0.39 is 10.8 Å². The minimum absolute atomic E-state index is 0.0844. The van der Waals surface area contributed by atoms with Gasteiger partial charge in [-0.1, -0.05) is 18.2 Å². The highest BCUT2D eigenvalue weighted by Gasteiger charge is 2.12. The molecule has 2 amide bonds. The van der Waals surface area contributed by atoms with Gasteiger partial charge < -0.3 is 4.90 Å². The standard InChI is InChI=1S/C17H18N4O4/c1-2-20(14-6-4-3-5-7-14)12-16(22)18-19-17(23)13-8-10-15(11-9-13)21(24)25/h3-11H,2,12H2,1H3,(H,18,22)(H,19,23). The lowest BCUT2D eigenvalue weighted by Crippen LogP contribution is -2.46. The molecule has 0 aliphatic carbocycles. The third-order valence-corrected chi connectivity index (χ3v) is 3.49. The van der Waals surface area contributed by atoms with Crippen LogP contribution in [-0.4, -0.2) is 29.8 Å². The zero-order chi connectivity index (χ0) is 18.2. The molecule has 2 rings (SSSR count). The van der Waals surface area contributed by atoms with E-state index in [0.717, 1.165) is 5.69 Å². The van der Waals surface area contributed by atoms with E-state index in [4.69, 9.17) is 0 Å². The molecule has 0 aromatic heterocycles. The van der Waals surface area contributed by atoms with Crippen LogP contribution < -0.4 is 15.8 Å². The first kappa shape index (κ1) is 17.9. The first-order valence-electron chi connectivity index (χ1n) is 7.65. The second-order valence-corrected chi connectivity index (χ2v) is 5.16. The summed E-state index contributed by atoms with van der Waals surface area (Å²) in [6.45, 7) is 2.64. The minimum Gasteiger partial charge on any atom is -0.362 e. The van der Waals surface area contributed by atoms with Gasteiger partial charge in [0.2, 0.25) is 0 Å². The largest absolute Gasteiger partial charge is 0.362 e. The fourth-order valence-electron chi connectivity index (χ4n) is 2.17. The topological polar surface area (TPSA) is 105 Å². The second kappa shape index (κ2) is 8.44. The molecule has 0 fully saturated rings. The van der Waals surface area contributed by atoms with Crippen LogP contribution in [0.4, 0.5) is 11.4 Å². The number of carbonyl (C=O) groups is 2. The van der Waals surface area contributed by atoms with Crippen LogP contribution in [0.5, 0.6) is 0 Å². The van der Waals surface area contributed by atoms with Crippen molar-refractivity contribution < 1.29 is 14.5 Å². The highest BCUT2D eigenvalue weighted by molar-refractivity contribution is 5.95. The number of nitrogens with zero attached hydrogens (tertiary/aromatic N) is 2. The number of anilines is 1. The van der Waals surface area contributed by atoms with Gasteiger partial charge in [0.15, 0.2) is 0 Å². The summed E-state index contributed by atoms with van der Waals surface area (Å²) >= 11 is 0. The van der Waals surface area contributed by atoms with Crippen LogP contribution in [0.1, 0.15) is 17.3 Å². The number of non-ortho nitro benzene ring substituents is 1. The van der Waals surface area contributed by atoms with Crippen molar-refractivity contribution in [2.75, 3.05) is 18.0 Å². The average Bonchev–Trinajstić information content (AvgIpc) is 2.65. The lowest BCUT2D eigenvalue weighted by molar-refractivity contribution is -0.384. The van der Waals surface area contributed by atoms with Gasteiger partial charge in [0, 0.05) is 29.9 Å². The molecule has 0 saturated carbocycles. The summed E-state index contributed by atoms with van der Waals surface area (Å²) in [6, 6.07) is 14.5. The lowest BCUT2D eigenvalue weighted by Gasteiger charge is -2.22. The average molecular weight is 342 g/mol. The number of rotatable bonds is 6. The van der Waals surface area contributed by atoms with E-state index in [1.54, 1.807) is 0 Å². The Morgan fingerprint density at radius 3 is 2.24 bits per heavy atom. The Hall–Kier alpha value is -3.42. The maximum atomic E-state index is 12.0. The van der Waals surface area contributed by atoms with E-state index in [2.05, 4.69) is 10.9 Å². The molecule has 0 spiro atoms. The fraction of sp³-hybridized carbons (Fsp3) is 0.176. The molecule has 0 aliphatic heterocycles. The number of para-hydroxylation sites is 1. The number of hydrogen-bond acceptors (Lipinski definition) is 5. The molecule has 0 radical (unpaired) electrons.